The number of hydrogen-bond donors (Lipinski definition) is 1. The number of aromatic nitrogens is 2. The van der Waals surface area contributed by atoms with E-state index in [0.717, 1.165) is 0 Å². The molecule has 1 atom stereocenters. The van der Waals surface area contributed by atoms with Crippen molar-refractivity contribution in [2.75, 3.05) is 25.1 Å². The molecule has 0 aliphatic rings. The zero-order valence-electron chi connectivity index (χ0n) is 11.3. The van der Waals surface area contributed by atoms with Gasteiger partial charge in [-0.25, -0.2) is 4.98 Å². The molecule has 1 heterocycles. The Morgan fingerprint density at radius 3 is 2.79 bits per heavy atom. The van der Waals surface area contributed by atoms with Crippen molar-refractivity contribution in [2.45, 2.75) is 26.9 Å². The van der Waals surface area contributed by atoms with Crippen LogP contribution in [-0.2, 0) is 4.74 Å². The van der Waals surface area contributed by atoms with Crippen LogP contribution in [0.25, 0.3) is 0 Å². The highest BCUT2D eigenvalue weighted by Crippen LogP contribution is 2.31. The van der Waals surface area contributed by atoms with E-state index in [0.29, 0.717) is 19.8 Å². The summed E-state index contributed by atoms with van der Waals surface area (Å²) in [5, 5.41) is 13.9. The summed E-state index contributed by atoms with van der Waals surface area (Å²) in [6, 6.07) is 0. The van der Waals surface area contributed by atoms with Crippen LogP contribution in [0.5, 0.6) is 5.88 Å². The number of nitro groups is 1. The molecule has 0 bridgehead atoms. The molecule has 1 rings (SSSR count). The molecule has 8 heteroatoms. The maximum atomic E-state index is 11.1. The summed E-state index contributed by atoms with van der Waals surface area (Å²) in [4.78, 5) is 18.2. The first-order valence-corrected chi connectivity index (χ1v) is 6.07. The van der Waals surface area contributed by atoms with Crippen molar-refractivity contribution in [1.29, 1.82) is 0 Å². The van der Waals surface area contributed by atoms with E-state index in [2.05, 4.69) is 15.3 Å². The van der Waals surface area contributed by atoms with E-state index >= 15 is 0 Å². The summed E-state index contributed by atoms with van der Waals surface area (Å²) in [7, 11) is 0. The summed E-state index contributed by atoms with van der Waals surface area (Å²) in [5.74, 6) is 0.101. The molecule has 0 saturated heterocycles. The first-order chi connectivity index (χ1) is 9.10. The van der Waals surface area contributed by atoms with Gasteiger partial charge in [0.05, 0.1) is 11.5 Å². The fourth-order valence-electron chi connectivity index (χ4n) is 1.42. The van der Waals surface area contributed by atoms with Gasteiger partial charge >= 0.3 is 5.69 Å². The number of rotatable bonds is 8. The monoisotopic (exact) mass is 270 g/mol. The van der Waals surface area contributed by atoms with Gasteiger partial charge in [-0.05, 0) is 20.8 Å². The third-order valence-electron chi connectivity index (χ3n) is 2.18. The van der Waals surface area contributed by atoms with Gasteiger partial charge in [0.2, 0.25) is 5.82 Å². The molecule has 1 N–H and O–H groups in total. The zero-order chi connectivity index (χ0) is 14.3. The van der Waals surface area contributed by atoms with E-state index in [9.17, 15) is 10.1 Å². The first-order valence-electron chi connectivity index (χ1n) is 6.07. The Bertz CT molecular complexity index is 427. The van der Waals surface area contributed by atoms with Gasteiger partial charge in [-0.3, -0.25) is 10.1 Å². The topological polar surface area (TPSA) is 99.4 Å². The van der Waals surface area contributed by atoms with E-state index in [1.165, 1.54) is 6.33 Å². The molecule has 1 aromatic heterocycles. The van der Waals surface area contributed by atoms with Crippen LogP contribution in [0.3, 0.4) is 0 Å². The predicted octanol–water partition coefficient (Wildman–Crippen LogP) is 1.62. The van der Waals surface area contributed by atoms with E-state index in [-0.39, 0.29) is 23.5 Å². The Kier molecular flexibility index (Phi) is 5.94. The smallest absolute Gasteiger partial charge is 0.372 e. The number of nitrogens with one attached hydrogen (secondary N) is 1. The van der Waals surface area contributed by atoms with Crippen LogP contribution >= 0.6 is 0 Å². The van der Waals surface area contributed by atoms with Gasteiger partial charge in [0.1, 0.15) is 12.4 Å². The quantitative estimate of drug-likeness (QED) is 0.566. The van der Waals surface area contributed by atoms with E-state index in [1.54, 1.807) is 6.92 Å². The fourth-order valence-corrected chi connectivity index (χ4v) is 1.42. The number of anilines is 1. The minimum Gasteiger partial charge on any atom is -0.467 e. The lowest BCUT2D eigenvalue weighted by Crippen LogP contribution is -2.20. The van der Waals surface area contributed by atoms with Crippen molar-refractivity contribution < 1.29 is 14.4 Å². The van der Waals surface area contributed by atoms with Gasteiger partial charge in [-0.1, -0.05) is 0 Å². The highest BCUT2D eigenvalue weighted by molar-refractivity contribution is 5.61. The van der Waals surface area contributed by atoms with Crippen LogP contribution in [0.4, 0.5) is 11.5 Å². The normalized spacial score (nSPS) is 11.9. The van der Waals surface area contributed by atoms with Crippen LogP contribution in [0, 0.1) is 10.1 Å². The van der Waals surface area contributed by atoms with Gasteiger partial charge < -0.3 is 14.8 Å². The molecule has 0 aliphatic carbocycles. The number of hydrogen-bond acceptors (Lipinski definition) is 7. The van der Waals surface area contributed by atoms with Gasteiger partial charge in [0, 0.05) is 13.2 Å². The molecule has 106 valence electrons. The highest BCUT2D eigenvalue weighted by Gasteiger charge is 2.25. The Morgan fingerprint density at radius 2 is 2.21 bits per heavy atom. The molecular formula is C11H18N4O4. The van der Waals surface area contributed by atoms with Gasteiger partial charge in [-0.15, -0.1) is 0 Å². The van der Waals surface area contributed by atoms with E-state index in [4.69, 9.17) is 9.47 Å². The van der Waals surface area contributed by atoms with Crippen molar-refractivity contribution in [3.63, 3.8) is 0 Å². The minimum atomic E-state index is -0.555. The standard InChI is InChI=1S/C11H18N4O4/c1-4-12-10-9(15(16)17)11(14-7-13-10)19-8(3)6-18-5-2/h7-8H,4-6H2,1-3H3,(H,12,13,14). The van der Waals surface area contributed by atoms with Crippen molar-refractivity contribution in [1.82, 2.24) is 9.97 Å². The molecule has 19 heavy (non-hydrogen) atoms. The van der Waals surface area contributed by atoms with Gasteiger partial charge in [0.25, 0.3) is 5.88 Å². The average molecular weight is 270 g/mol. The molecule has 0 aromatic carbocycles. The molecule has 0 radical (unpaired) electrons. The van der Waals surface area contributed by atoms with Crippen LogP contribution in [0.1, 0.15) is 20.8 Å². The molecule has 8 nitrogen and oxygen atoms in total. The van der Waals surface area contributed by atoms with Crippen molar-refractivity contribution in [2.24, 2.45) is 0 Å². The largest absolute Gasteiger partial charge is 0.467 e. The van der Waals surface area contributed by atoms with Crippen molar-refractivity contribution >= 4 is 11.5 Å². The summed E-state index contributed by atoms with van der Waals surface area (Å²) in [6.45, 7) is 6.86. The second-order valence-corrected chi connectivity index (χ2v) is 3.75. The maximum Gasteiger partial charge on any atom is 0.372 e. The molecular weight excluding hydrogens is 252 g/mol. The van der Waals surface area contributed by atoms with Crippen LogP contribution in [0.15, 0.2) is 6.33 Å². The summed E-state index contributed by atoms with van der Waals surface area (Å²) in [5.41, 5.74) is -0.257. The van der Waals surface area contributed by atoms with Gasteiger partial charge in [0.15, 0.2) is 0 Å². The molecule has 1 aromatic rings. The fraction of sp³-hybridized carbons (Fsp3) is 0.636. The van der Waals surface area contributed by atoms with Gasteiger partial charge in [-0.2, -0.15) is 4.98 Å². The second kappa shape index (κ2) is 7.47. The van der Waals surface area contributed by atoms with Crippen LogP contribution in [-0.4, -0.2) is 40.8 Å². The van der Waals surface area contributed by atoms with Crippen LogP contribution in [0.2, 0.25) is 0 Å². The lowest BCUT2D eigenvalue weighted by Gasteiger charge is -2.14. The molecule has 0 aliphatic heterocycles. The number of nitrogens with zero attached hydrogens (tertiary/aromatic N) is 3. The lowest BCUT2D eigenvalue weighted by molar-refractivity contribution is -0.385. The SMILES string of the molecule is CCNc1ncnc(OC(C)COCC)c1[N+](=O)[O-]. The second-order valence-electron chi connectivity index (χ2n) is 3.75. The summed E-state index contributed by atoms with van der Waals surface area (Å²) in [6.07, 6.45) is 0.899. The lowest BCUT2D eigenvalue weighted by atomic mass is 10.4. The van der Waals surface area contributed by atoms with Crippen molar-refractivity contribution in [3.05, 3.63) is 16.4 Å². The minimum absolute atomic E-state index is 0.0526. The Balaban J connectivity index is 2.93. The molecule has 1 unspecified atom stereocenters. The summed E-state index contributed by atoms with van der Waals surface area (Å²) < 4.78 is 10.6. The molecule has 0 amide bonds. The van der Waals surface area contributed by atoms with Crippen molar-refractivity contribution in [3.8, 4) is 5.88 Å². The molecule has 0 fully saturated rings. The maximum absolute atomic E-state index is 11.1. The van der Waals surface area contributed by atoms with Crippen LogP contribution < -0.4 is 10.1 Å². The summed E-state index contributed by atoms with van der Waals surface area (Å²) >= 11 is 0. The first kappa shape index (κ1) is 15.1. The Labute approximate surface area is 111 Å². The Morgan fingerprint density at radius 1 is 1.47 bits per heavy atom. The average Bonchev–Trinajstić information content (AvgIpc) is 2.36. The number of ether oxygens (including phenoxy) is 2. The predicted molar refractivity (Wildman–Crippen MR) is 69.4 cm³/mol. The zero-order valence-corrected chi connectivity index (χ0v) is 11.3. The molecule has 0 spiro atoms. The Hall–Kier alpha value is -1.96. The van der Waals surface area contributed by atoms with E-state index < -0.39 is 4.92 Å². The highest BCUT2D eigenvalue weighted by atomic mass is 16.6. The third-order valence-corrected chi connectivity index (χ3v) is 2.18. The molecule has 0 saturated carbocycles. The third kappa shape index (κ3) is 4.32. The van der Waals surface area contributed by atoms with E-state index in [1.807, 2.05) is 13.8 Å².